The minimum absolute atomic E-state index is 0.193. The molecular weight excluding hydrogens is 226 g/mol. The van der Waals surface area contributed by atoms with Crippen molar-refractivity contribution >= 4 is 9.84 Å². The standard InChI is InChI=1S/C11H21NO3S/c1-16(14,15)6-2-5-11(13)7-9-3-4-10(8-11)12-9/h9-10,12-13H,2-8H2,1H3. The van der Waals surface area contributed by atoms with E-state index in [1.807, 2.05) is 0 Å². The van der Waals surface area contributed by atoms with Crippen LogP contribution in [-0.4, -0.2) is 43.2 Å². The highest BCUT2D eigenvalue weighted by molar-refractivity contribution is 7.90. The van der Waals surface area contributed by atoms with Crippen LogP contribution in [0.25, 0.3) is 0 Å². The lowest BCUT2D eigenvalue weighted by Crippen LogP contribution is -2.48. The Morgan fingerprint density at radius 1 is 1.31 bits per heavy atom. The van der Waals surface area contributed by atoms with E-state index in [1.165, 1.54) is 6.26 Å². The first-order valence-electron chi connectivity index (χ1n) is 6.02. The minimum Gasteiger partial charge on any atom is -0.390 e. The molecular formula is C11H21NO3S. The molecule has 2 fully saturated rings. The van der Waals surface area contributed by atoms with Gasteiger partial charge in [-0.05, 0) is 38.5 Å². The second-order valence-electron chi connectivity index (χ2n) is 5.50. The fraction of sp³-hybridized carbons (Fsp3) is 1.00. The zero-order chi connectivity index (χ0) is 11.8. The molecule has 0 aliphatic carbocycles. The molecule has 0 amide bonds. The van der Waals surface area contributed by atoms with E-state index >= 15 is 0 Å². The van der Waals surface area contributed by atoms with Crippen LogP contribution in [0.3, 0.4) is 0 Å². The van der Waals surface area contributed by atoms with Crippen LogP contribution < -0.4 is 5.32 Å². The normalized spacial score (nSPS) is 38.9. The number of hydrogen-bond donors (Lipinski definition) is 2. The SMILES string of the molecule is CS(=O)(=O)CCCC1(O)CC2CCC(C1)N2. The fourth-order valence-corrected chi connectivity index (χ4v) is 3.76. The van der Waals surface area contributed by atoms with Gasteiger partial charge in [0.2, 0.25) is 0 Å². The van der Waals surface area contributed by atoms with Crippen molar-refractivity contribution in [1.82, 2.24) is 5.32 Å². The lowest BCUT2D eigenvalue weighted by molar-refractivity contribution is -0.0142. The van der Waals surface area contributed by atoms with Crippen molar-refractivity contribution in [2.45, 2.75) is 56.2 Å². The summed E-state index contributed by atoms with van der Waals surface area (Å²) in [6.45, 7) is 0. The van der Waals surface area contributed by atoms with Gasteiger partial charge in [0.1, 0.15) is 9.84 Å². The molecule has 0 saturated carbocycles. The molecule has 2 bridgehead atoms. The van der Waals surface area contributed by atoms with Gasteiger partial charge in [0.05, 0.1) is 5.60 Å². The van der Waals surface area contributed by atoms with Gasteiger partial charge in [-0.25, -0.2) is 8.42 Å². The molecule has 2 saturated heterocycles. The summed E-state index contributed by atoms with van der Waals surface area (Å²) in [5.74, 6) is 0.193. The molecule has 0 aromatic carbocycles. The number of sulfone groups is 1. The molecule has 0 aromatic rings. The molecule has 0 aromatic heterocycles. The topological polar surface area (TPSA) is 66.4 Å². The molecule has 2 heterocycles. The van der Waals surface area contributed by atoms with Gasteiger partial charge in [-0.15, -0.1) is 0 Å². The Morgan fingerprint density at radius 3 is 2.38 bits per heavy atom. The summed E-state index contributed by atoms with van der Waals surface area (Å²) >= 11 is 0. The van der Waals surface area contributed by atoms with E-state index in [4.69, 9.17) is 0 Å². The third-order valence-corrected chi connectivity index (χ3v) is 4.78. The van der Waals surface area contributed by atoms with Gasteiger partial charge in [-0.2, -0.15) is 0 Å². The summed E-state index contributed by atoms with van der Waals surface area (Å²) in [6, 6.07) is 0.893. The van der Waals surface area contributed by atoms with Crippen LogP contribution in [0.2, 0.25) is 0 Å². The fourth-order valence-electron chi connectivity index (χ4n) is 3.09. The monoisotopic (exact) mass is 247 g/mol. The van der Waals surface area contributed by atoms with Gasteiger partial charge in [0, 0.05) is 24.1 Å². The van der Waals surface area contributed by atoms with E-state index in [0.29, 0.717) is 24.9 Å². The molecule has 2 aliphatic rings. The Labute approximate surface area is 97.3 Å². The van der Waals surface area contributed by atoms with E-state index in [1.54, 1.807) is 0 Å². The number of piperidine rings is 1. The molecule has 2 atom stereocenters. The summed E-state index contributed by atoms with van der Waals surface area (Å²) in [4.78, 5) is 0. The van der Waals surface area contributed by atoms with Crippen molar-refractivity contribution in [2.75, 3.05) is 12.0 Å². The predicted molar refractivity (Wildman–Crippen MR) is 63.1 cm³/mol. The average Bonchev–Trinajstić information content (AvgIpc) is 2.43. The highest BCUT2D eigenvalue weighted by Gasteiger charge is 2.41. The molecule has 0 spiro atoms. The van der Waals surface area contributed by atoms with Gasteiger partial charge < -0.3 is 10.4 Å². The van der Waals surface area contributed by atoms with Crippen molar-refractivity contribution in [2.24, 2.45) is 0 Å². The number of fused-ring (bicyclic) bond motifs is 2. The molecule has 2 aliphatic heterocycles. The minimum atomic E-state index is -2.89. The molecule has 94 valence electrons. The molecule has 0 radical (unpaired) electrons. The maximum atomic E-state index is 11.0. The lowest BCUT2D eigenvalue weighted by Gasteiger charge is -2.37. The molecule has 16 heavy (non-hydrogen) atoms. The Kier molecular flexibility index (Phi) is 3.29. The summed E-state index contributed by atoms with van der Waals surface area (Å²) in [7, 11) is -2.89. The van der Waals surface area contributed by atoms with Crippen molar-refractivity contribution in [1.29, 1.82) is 0 Å². The van der Waals surface area contributed by atoms with Crippen LogP contribution in [-0.2, 0) is 9.84 Å². The van der Waals surface area contributed by atoms with E-state index < -0.39 is 15.4 Å². The zero-order valence-corrected chi connectivity index (χ0v) is 10.6. The van der Waals surface area contributed by atoms with Crippen molar-refractivity contribution in [3.63, 3.8) is 0 Å². The van der Waals surface area contributed by atoms with Gasteiger partial charge in [0.25, 0.3) is 0 Å². The predicted octanol–water partition coefficient (Wildman–Crippen LogP) is 0.457. The molecule has 2 unspecified atom stereocenters. The van der Waals surface area contributed by atoms with Gasteiger partial charge >= 0.3 is 0 Å². The highest BCUT2D eigenvalue weighted by Crippen LogP contribution is 2.36. The van der Waals surface area contributed by atoms with Crippen LogP contribution in [0, 0.1) is 0 Å². The largest absolute Gasteiger partial charge is 0.390 e. The van der Waals surface area contributed by atoms with E-state index in [2.05, 4.69) is 5.32 Å². The van der Waals surface area contributed by atoms with Crippen LogP contribution in [0.5, 0.6) is 0 Å². The Morgan fingerprint density at radius 2 is 1.88 bits per heavy atom. The number of nitrogens with one attached hydrogen (secondary N) is 1. The van der Waals surface area contributed by atoms with Crippen molar-refractivity contribution in [3.05, 3.63) is 0 Å². The first kappa shape index (κ1) is 12.3. The summed E-state index contributed by atoms with van der Waals surface area (Å²) < 4.78 is 22.0. The smallest absolute Gasteiger partial charge is 0.147 e. The number of hydrogen-bond acceptors (Lipinski definition) is 4. The number of rotatable bonds is 4. The van der Waals surface area contributed by atoms with Crippen LogP contribution in [0.1, 0.15) is 38.5 Å². The first-order chi connectivity index (χ1) is 7.36. The second kappa shape index (κ2) is 4.27. The van der Waals surface area contributed by atoms with Crippen LogP contribution >= 0.6 is 0 Å². The summed E-state index contributed by atoms with van der Waals surface area (Å²) in [5, 5.41) is 13.9. The molecule has 2 rings (SSSR count). The third kappa shape index (κ3) is 3.18. The van der Waals surface area contributed by atoms with Gasteiger partial charge in [0.15, 0.2) is 0 Å². The zero-order valence-electron chi connectivity index (χ0n) is 9.78. The molecule has 2 N–H and O–H groups in total. The maximum Gasteiger partial charge on any atom is 0.147 e. The van der Waals surface area contributed by atoms with Crippen LogP contribution in [0.4, 0.5) is 0 Å². The lowest BCUT2D eigenvalue weighted by atomic mass is 9.84. The quantitative estimate of drug-likeness (QED) is 0.757. The van der Waals surface area contributed by atoms with Crippen molar-refractivity contribution in [3.8, 4) is 0 Å². The van der Waals surface area contributed by atoms with E-state index in [9.17, 15) is 13.5 Å². The summed E-state index contributed by atoms with van der Waals surface area (Å²) in [5.41, 5.74) is -0.623. The maximum absolute atomic E-state index is 11.0. The molecule has 4 nitrogen and oxygen atoms in total. The van der Waals surface area contributed by atoms with E-state index in [0.717, 1.165) is 25.7 Å². The number of aliphatic hydroxyl groups is 1. The third-order valence-electron chi connectivity index (χ3n) is 3.74. The Hall–Kier alpha value is -0.130. The van der Waals surface area contributed by atoms with Crippen molar-refractivity contribution < 1.29 is 13.5 Å². The van der Waals surface area contributed by atoms with Gasteiger partial charge in [-0.3, -0.25) is 0 Å². The average molecular weight is 247 g/mol. The van der Waals surface area contributed by atoms with E-state index in [-0.39, 0.29) is 5.75 Å². The first-order valence-corrected chi connectivity index (χ1v) is 8.09. The van der Waals surface area contributed by atoms with Crippen LogP contribution in [0.15, 0.2) is 0 Å². The Balaban J connectivity index is 1.84. The second-order valence-corrected chi connectivity index (χ2v) is 7.76. The molecule has 5 heteroatoms. The highest BCUT2D eigenvalue weighted by atomic mass is 32.2. The van der Waals surface area contributed by atoms with Gasteiger partial charge in [-0.1, -0.05) is 0 Å². The summed E-state index contributed by atoms with van der Waals surface area (Å²) in [6.07, 6.45) is 6.32. The Bertz CT molecular complexity index is 340.